The van der Waals surface area contributed by atoms with Crippen LogP contribution >= 0.6 is 0 Å². The normalized spacial score (nSPS) is 12.8. The molecule has 0 aliphatic rings. The number of benzene rings is 1. The van der Waals surface area contributed by atoms with Crippen molar-refractivity contribution in [2.45, 2.75) is 18.8 Å². The summed E-state index contributed by atoms with van der Waals surface area (Å²) in [6.45, 7) is 2.03. The largest absolute Gasteiger partial charge is 0.363 e. The average Bonchev–Trinajstić information content (AvgIpc) is 3.01. The van der Waals surface area contributed by atoms with Crippen LogP contribution in [0.3, 0.4) is 0 Å². The van der Waals surface area contributed by atoms with Crippen molar-refractivity contribution in [3.63, 3.8) is 0 Å². The van der Waals surface area contributed by atoms with Crippen molar-refractivity contribution in [2.75, 3.05) is 27.4 Å². The molecule has 0 saturated heterocycles. The highest BCUT2D eigenvalue weighted by Gasteiger charge is 2.38. The molecule has 2 aromatic rings. The van der Waals surface area contributed by atoms with Crippen molar-refractivity contribution >= 4 is 0 Å². The summed E-state index contributed by atoms with van der Waals surface area (Å²) in [5.41, 5.74) is 1.39. The summed E-state index contributed by atoms with van der Waals surface area (Å²) in [5, 5.41) is 3.97. The van der Waals surface area contributed by atoms with Crippen LogP contribution in [0.15, 0.2) is 36.4 Å². The van der Waals surface area contributed by atoms with Crippen LogP contribution in [0.25, 0.3) is 0 Å². The summed E-state index contributed by atoms with van der Waals surface area (Å²) in [5.74, 6) is 0.448. The highest BCUT2D eigenvalue weighted by Crippen LogP contribution is 2.31. The lowest BCUT2D eigenvalue weighted by atomic mass is 10.1. The van der Waals surface area contributed by atoms with Gasteiger partial charge in [0.25, 0.3) is 0 Å². The number of aromatic nitrogens is 2. The molecule has 0 spiro atoms. The van der Waals surface area contributed by atoms with Crippen LogP contribution < -0.4 is 0 Å². The molecular weight excluding hydrogens is 311 g/mol. The molecule has 1 heterocycles. The van der Waals surface area contributed by atoms with Crippen molar-refractivity contribution in [1.82, 2.24) is 9.78 Å². The fourth-order valence-electron chi connectivity index (χ4n) is 2.55. The standard InChI is InChI=1S/C18H21FN2O3/c1-5-11-24-13-18(22-3,23-4)16-12-17(19)20-21(16)14(2)15-9-7-6-8-10-15/h1,6-10,12,14H,11,13H2,2-4H3/t14-/m1/s1. The van der Waals surface area contributed by atoms with Gasteiger partial charge in [-0.3, -0.25) is 4.68 Å². The molecule has 5 nitrogen and oxygen atoms in total. The lowest BCUT2D eigenvalue weighted by Gasteiger charge is -2.32. The molecule has 0 unspecified atom stereocenters. The van der Waals surface area contributed by atoms with E-state index in [0.717, 1.165) is 5.56 Å². The molecule has 1 aromatic heterocycles. The quantitative estimate of drug-likeness (QED) is 0.424. The SMILES string of the molecule is C#CCOCC(OC)(OC)c1cc(F)nn1[C@H](C)c1ccccc1. The minimum Gasteiger partial charge on any atom is -0.363 e. The maximum atomic E-state index is 13.9. The van der Waals surface area contributed by atoms with Crippen molar-refractivity contribution in [1.29, 1.82) is 0 Å². The zero-order valence-corrected chi connectivity index (χ0v) is 14.0. The first-order chi connectivity index (χ1) is 11.6. The molecule has 0 radical (unpaired) electrons. The monoisotopic (exact) mass is 332 g/mol. The minimum absolute atomic E-state index is 0.0108. The summed E-state index contributed by atoms with van der Waals surface area (Å²) in [7, 11) is 2.93. The van der Waals surface area contributed by atoms with E-state index in [1.165, 1.54) is 25.0 Å². The zero-order valence-electron chi connectivity index (χ0n) is 14.0. The second kappa shape index (κ2) is 8.06. The second-order valence-electron chi connectivity index (χ2n) is 5.24. The Labute approximate surface area is 141 Å². The molecule has 0 saturated carbocycles. The Morgan fingerprint density at radius 3 is 2.54 bits per heavy atom. The maximum Gasteiger partial charge on any atom is 0.236 e. The van der Waals surface area contributed by atoms with E-state index in [-0.39, 0.29) is 19.3 Å². The highest BCUT2D eigenvalue weighted by molar-refractivity contribution is 5.22. The van der Waals surface area contributed by atoms with E-state index < -0.39 is 11.7 Å². The molecule has 1 atom stereocenters. The van der Waals surface area contributed by atoms with Gasteiger partial charge in [0.1, 0.15) is 18.9 Å². The van der Waals surface area contributed by atoms with Crippen LogP contribution in [0.5, 0.6) is 0 Å². The maximum absolute atomic E-state index is 13.9. The van der Waals surface area contributed by atoms with Crippen molar-refractivity contribution in [3.05, 3.63) is 53.6 Å². The summed E-state index contributed by atoms with van der Waals surface area (Å²) in [4.78, 5) is 0. The second-order valence-corrected chi connectivity index (χ2v) is 5.24. The van der Waals surface area contributed by atoms with E-state index in [0.29, 0.717) is 5.69 Å². The summed E-state index contributed by atoms with van der Waals surface area (Å²) in [6, 6.07) is 10.7. The van der Waals surface area contributed by atoms with Crippen LogP contribution in [0.1, 0.15) is 24.2 Å². The molecule has 0 amide bonds. The van der Waals surface area contributed by atoms with Gasteiger partial charge in [-0.2, -0.15) is 4.39 Å². The van der Waals surface area contributed by atoms with Gasteiger partial charge in [-0.25, -0.2) is 0 Å². The lowest BCUT2D eigenvalue weighted by Crippen LogP contribution is -2.39. The average molecular weight is 332 g/mol. The van der Waals surface area contributed by atoms with Gasteiger partial charge in [0.15, 0.2) is 0 Å². The van der Waals surface area contributed by atoms with E-state index >= 15 is 0 Å². The number of hydrogen-bond acceptors (Lipinski definition) is 4. The van der Waals surface area contributed by atoms with Gasteiger partial charge in [-0.15, -0.1) is 11.5 Å². The van der Waals surface area contributed by atoms with Gasteiger partial charge in [-0.1, -0.05) is 36.3 Å². The third kappa shape index (κ3) is 3.65. The molecule has 0 aliphatic heterocycles. The molecule has 24 heavy (non-hydrogen) atoms. The molecule has 0 fully saturated rings. The number of rotatable bonds is 8. The Balaban J connectivity index is 2.43. The van der Waals surface area contributed by atoms with Crippen LogP contribution in [-0.4, -0.2) is 37.2 Å². The first kappa shape index (κ1) is 18.1. The fraction of sp³-hybridized carbons (Fsp3) is 0.389. The molecule has 6 heteroatoms. The third-order valence-electron chi connectivity index (χ3n) is 3.88. The first-order valence-corrected chi connectivity index (χ1v) is 7.50. The third-order valence-corrected chi connectivity index (χ3v) is 3.88. The molecule has 1 aromatic carbocycles. The number of halogens is 1. The van der Waals surface area contributed by atoms with Gasteiger partial charge in [-0.05, 0) is 12.5 Å². The Kier molecular flexibility index (Phi) is 6.10. The molecule has 0 aliphatic carbocycles. The minimum atomic E-state index is -1.31. The Morgan fingerprint density at radius 2 is 1.96 bits per heavy atom. The molecular formula is C18H21FN2O3. The van der Waals surface area contributed by atoms with Crippen LogP contribution in [-0.2, 0) is 20.0 Å². The number of terminal acetylenes is 1. The zero-order chi connectivity index (χ0) is 17.6. The van der Waals surface area contributed by atoms with Crippen LogP contribution in [0, 0.1) is 18.3 Å². The van der Waals surface area contributed by atoms with E-state index in [1.54, 1.807) is 0 Å². The van der Waals surface area contributed by atoms with Crippen LogP contribution in [0.4, 0.5) is 4.39 Å². The van der Waals surface area contributed by atoms with Gasteiger partial charge in [0, 0.05) is 20.3 Å². The predicted molar refractivity (Wildman–Crippen MR) is 87.8 cm³/mol. The van der Waals surface area contributed by atoms with E-state index in [2.05, 4.69) is 11.0 Å². The van der Waals surface area contributed by atoms with Gasteiger partial charge in [0.05, 0.1) is 6.04 Å². The number of methoxy groups -OCH3 is 2. The Bertz CT molecular complexity index is 690. The summed E-state index contributed by atoms with van der Waals surface area (Å²) >= 11 is 0. The molecule has 0 N–H and O–H groups in total. The fourth-order valence-corrected chi connectivity index (χ4v) is 2.55. The van der Waals surface area contributed by atoms with Gasteiger partial charge in [0.2, 0.25) is 11.7 Å². The van der Waals surface area contributed by atoms with E-state index in [4.69, 9.17) is 20.6 Å². The Hall–Kier alpha value is -2.20. The number of hydrogen-bond donors (Lipinski definition) is 0. The summed E-state index contributed by atoms with van der Waals surface area (Å²) < 4.78 is 31.9. The Morgan fingerprint density at radius 1 is 1.29 bits per heavy atom. The number of ether oxygens (including phenoxy) is 3. The lowest BCUT2D eigenvalue weighted by molar-refractivity contribution is -0.246. The van der Waals surface area contributed by atoms with E-state index in [9.17, 15) is 4.39 Å². The van der Waals surface area contributed by atoms with Crippen LogP contribution in [0.2, 0.25) is 0 Å². The highest BCUT2D eigenvalue weighted by atomic mass is 19.1. The van der Waals surface area contributed by atoms with Crippen molar-refractivity contribution < 1.29 is 18.6 Å². The predicted octanol–water partition coefficient (Wildman–Crippen LogP) is 2.73. The molecule has 2 rings (SSSR count). The van der Waals surface area contributed by atoms with Crippen molar-refractivity contribution in [3.8, 4) is 12.3 Å². The van der Waals surface area contributed by atoms with Gasteiger partial charge >= 0.3 is 0 Å². The smallest absolute Gasteiger partial charge is 0.236 e. The molecule has 0 bridgehead atoms. The van der Waals surface area contributed by atoms with Gasteiger partial charge < -0.3 is 14.2 Å². The number of nitrogens with zero attached hydrogens (tertiary/aromatic N) is 2. The first-order valence-electron chi connectivity index (χ1n) is 7.50. The molecule has 128 valence electrons. The van der Waals surface area contributed by atoms with Crippen molar-refractivity contribution in [2.24, 2.45) is 0 Å². The van der Waals surface area contributed by atoms with E-state index in [1.807, 2.05) is 37.3 Å². The summed E-state index contributed by atoms with van der Waals surface area (Å²) in [6.07, 6.45) is 5.20. The topological polar surface area (TPSA) is 45.5 Å².